The van der Waals surface area contributed by atoms with E-state index in [1.807, 2.05) is 6.92 Å². The molecular weight excluding hydrogens is 158 g/mol. The van der Waals surface area contributed by atoms with Crippen LogP contribution in [0.1, 0.15) is 26.7 Å². The molecule has 1 aliphatic carbocycles. The lowest BCUT2D eigenvalue weighted by molar-refractivity contribution is -0.149. The molecule has 1 amide bonds. The van der Waals surface area contributed by atoms with Crippen molar-refractivity contribution in [2.75, 3.05) is 0 Å². The molecule has 0 saturated heterocycles. The van der Waals surface area contributed by atoms with Crippen molar-refractivity contribution >= 4 is 11.9 Å². The Kier molecular flexibility index (Phi) is 1.67. The molecule has 3 N–H and O–H groups in total. The Morgan fingerprint density at radius 2 is 2.08 bits per heavy atom. The van der Waals surface area contributed by atoms with Crippen LogP contribution in [0.5, 0.6) is 0 Å². The molecule has 0 aromatic rings. The van der Waals surface area contributed by atoms with E-state index in [-0.39, 0.29) is 0 Å². The first kappa shape index (κ1) is 9.03. The number of nitrogens with two attached hydrogens (primary N) is 1. The Labute approximate surface area is 70.7 Å². The number of aliphatic carboxylic acids is 1. The monoisotopic (exact) mass is 171 g/mol. The predicted molar refractivity (Wildman–Crippen MR) is 42.3 cm³/mol. The zero-order chi connectivity index (χ0) is 9.57. The van der Waals surface area contributed by atoms with Crippen LogP contribution in [0.3, 0.4) is 0 Å². The second kappa shape index (κ2) is 2.21. The van der Waals surface area contributed by atoms with Crippen LogP contribution in [0.4, 0.5) is 0 Å². The molecule has 68 valence electrons. The third kappa shape index (κ3) is 0.777. The van der Waals surface area contributed by atoms with Crippen molar-refractivity contribution in [3.8, 4) is 0 Å². The lowest BCUT2D eigenvalue weighted by atomic mass is 9.91. The molecule has 0 bridgehead atoms. The molecule has 1 aliphatic rings. The number of hydrogen-bond acceptors (Lipinski definition) is 2. The van der Waals surface area contributed by atoms with Gasteiger partial charge in [0.2, 0.25) is 5.91 Å². The van der Waals surface area contributed by atoms with E-state index in [4.69, 9.17) is 10.8 Å². The van der Waals surface area contributed by atoms with Crippen LogP contribution in [0.15, 0.2) is 0 Å². The van der Waals surface area contributed by atoms with Gasteiger partial charge in [-0.15, -0.1) is 0 Å². The highest BCUT2D eigenvalue weighted by atomic mass is 16.4. The fourth-order valence-corrected chi connectivity index (χ4v) is 1.79. The maximum absolute atomic E-state index is 10.9. The Morgan fingerprint density at radius 3 is 2.17 bits per heavy atom. The van der Waals surface area contributed by atoms with Crippen molar-refractivity contribution in [1.82, 2.24) is 0 Å². The molecule has 4 nitrogen and oxygen atoms in total. The molecule has 0 radical (unpaired) electrons. The lowest BCUT2D eigenvalue weighted by Gasteiger charge is -2.13. The summed E-state index contributed by atoms with van der Waals surface area (Å²) in [5, 5.41) is 8.84. The quantitative estimate of drug-likeness (QED) is 0.602. The lowest BCUT2D eigenvalue weighted by Crippen LogP contribution is -2.36. The fraction of sp³-hybridized carbons (Fsp3) is 0.750. The molecule has 0 aromatic heterocycles. The van der Waals surface area contributed by atoms with Gasteiger partial charge in [0.05, 0.1) is 0 Å². The maximum Gasteiger partial charge on any atom is 0.319 e. The van der Waals surface area contributed by atoms with Gasteiger partial charge in [-0.2, -0.15) is 0 Å². The number of hydrogen-bond donors (Lipinski definition) is 2. The molecule has 0 aliphatic heterocycles. The van der Waals surface area contributed by atoms with Gasteiger partial charge >= 0.3 is 5.97 Å². The first-order chi connectivity index (χ1) is 5.40. The van der Waals surface area contributed by atoms with Crippen LogP contribution in [-0.4, -0.2) is 17.0 Å². The minimum atomic E-state index is -1.29. The first-order valence-electron chi connectivity index (χ1n) is 3.94. The van der Waals surface area contributed by atoms with E-state index in [1.54, 1.807) is 6.92 Å². The second-order valence-electron chi connectivity index (χ2n) is 3.67. The minimum Gasteiger partial charge on any atom is -0.480 e. The summed E-state index contributed by atoms with van der Waals surface area (Å²) in [6, 6.07) is 0. The van der Waals surface area contributed by atoms with Crippen LogP contribution in [0.2, 0.25) is 0 Å². The van der Waals surface area contributed by atoms with E-state index < -0.39 is 22.7 Å². The van der Waals surface area contributed by atoms with Crippen molar-refractivity contribution in [3.63, 3.8) is 0 Å². The van der Waals surface area contributed by atoms with Gasteiger partial charge in [0.25, 0.3) is 0 Å². The van der Waals surface area contributed by atoms with E-state index in [2.05, 4.69) is 0 Å². The summed E-state index contributed by atoms with van der Waals surface area (Å²) in [6.07, 6.45) is 1.05. The molecule has 0 heterocycles. The highest BCUT2D eigenvalue weighted by molar-refractivity contribution is 6.05. The topological polar surface area (TPSA) is 80.4 Å². The maximum atomic E-state index is 10.9. The van der Waals surface area contributed by atoms with Crippen LogP contribution < -0.4 is 5.73 Å². The van der Waals surface area contributed by atoms with Crippen molar-refractivity contribution in [3.05, 3.63) is 0 Å². The van der Waals surface area contributed by atoms with Crippen molar-refractivity contribution in [1.29, 1.82) is 0 Å². The summed E-state index contributed by atoms with van der Waals surface area (Å²) >= 11 is 0. The molecule has 1 fully saturated rings. The Morgan fingerprint density at radius 1 is 1.58 bits per heavy atom. The van der Waals surface area contributed by atoms with E-state index in [9.17, 15) is 9.59 Å². The van der Waals surface area contributed by atoms with Crippen molar-refractivity contribution in [2.45, 2.75) is 26.7 Å². The van der Waals surface area contributed by atoms with Crippen LogP contribution in [0.25, 0.3) is 0 Å². The van der Waals surface area contributed by atoms with E-state index in [1.165, 1.54) is 0 Å². The molecule has 0 spiro atoms. The predicted octanol–water partition coefficient (Wildman–Crippen LogP) is 0.363. The minimum absolute atomic E-state index is 0.376. The molecule has 1 rings (SSSR count). The summed E-state index contributed by atoms with van der Waals surface area (Å²) in [7, 11) is 0. The third-order valence-corrected chi connectivity index (χ3v) is 3.13. The highest BCUT2D eigenvalue weighted by Crippen LogP contribution is 2.65. The van der Waals surface area contributed by atoms with E-state index >= 15 is 0 Å². The molecule has 2 atom stereocenters. The molecule has 1 saturated carbocycles. The number of rotatable bonds is 3. The Bertz CT molecular complexity index is 235. The number of carboxylic acids is 1. The Hall–Kier alpha value is -1.06. The van der Waals surface area contributed by atoms with Crippen LogP contribution >= 0.6 is 0 Å². The summed E-state index contributed by atoms with van der Waals surface area (Å²) in [5.41, 5.74) is 3.35. The van der Waals surface area contributed by atoms with Gasteiger partial charge in [0.1, 0.15) is 0 Å². The van der Waals surface area contributed by atoms with Gasteiger partial charge in [-0.1, -0.05) is 13.8 Å². The molecule has 0 aromatic carbocycles. The van der Waals surface area contributed by atoms with Gasteiger partial charge in [-0.25, -0.2) is 0 Å². The summed E-state index contributed by atoms with van der Waals surface area (Å²) in [6.45, 7) is 3.65. The summed E-state index contributed by atoms with van der Waals surface area (Å²) in [4.78, 5) is 21.7. The summed E-state index contributed by atoms with van der Waals surface area (Å²) < 4.78 is 0. The number of carbonyl (C=O) groups excluding carboxylic acids is 1. The highest BCUT2D eigenvalue weighted by Gasteiger charge is 2.72. The Balaban J connectivity index is 2.97. The number of carboxylic acid groups (broad SMARTS) is 1. The zero-order valence-corrected chi connectivity index (χ0v) is 7.26. The third-order valence-electron chi connectivity index (χ3n) is 3.13. The normalized spacial score (nSPS) is 39.2. The van der Waals surface area contributed by atoms with Gasteiger partial charge < -0.3 is 10.8 Å². The van der Waals surface area contributed by atoms with Crippen molar-refractivity contribution < 1.29 is 14.7 Å². The molecule has 12 heavy (non-hydrogen) atoms. The van der Waals surface area contributed by atoms with Gasteiger partial charge in [-0.05, 0) is 18.3 Å². The average molecular weight is 171 g/mol. The van der Waals surface area contributed by atoms with Crippen LogP contribution in [-0.2, 0) is 9.59 Å². The number of amides is 1. The molecular formula is C8H13NO3. The van der Waals surface area contributed by atoms with Gasteiger partial charge in [-0.3, -0.25) is 9.59 Å². The van der Waals surface area contributed by atoms with E-state index in [0.717, 1.165) is 0 Å². The average Bonchev–Trinajstić information content (AvgIpc) is 2.59. The van der Waals surface area contributed by atoms with Crippen molar-refractivity contribution in [2.24, 2.45) is 16.6 Å². The van der Waals surface area contributed by atoms with Crippen LogP contribution in [0, 0.1) is 10.8 Å². The molecule has 0 unspecified atom stereocenters. The van der Waals surface area contributed by atoms with Gasteiger partial charge in [0, 0.05) is 0 Å². The van der Waals surface area contributed by atoms with Gasteiger partial charge in [0.15, 0.2) is 5.41 Å². The summed E-state index contributed by atoms with van der Waals surface area (Å²) in [5.74, 6) is -1.79. The first-order valence-corrected chi connectivity index (χ1v) is 3.94. The standard InChI is InChI=1S/C8H13NO3/c1-3-7(2)4-8(7,5(9)10)6(11)12/h3-4H2,1-2H3,(H2,9,10)(H,11,12)/t7-,8-/m0/s1. The number of primary amides is 1. The zero-order valence-electron chi connectivity index (χ0n) is 7.26. The SMILES string of the molecule is CC[C@@]1(C)C[C@]1(C(N)=O)C(=O)O. The number of carbonyl (C=O) groups is 2. The smallest absolute Gasteiger partial charge is 0.319 e. The van der Waals surface area contributed by atoms with E-state index in [0.29, 0.717) is 12.8 Å². The second-order valence-corrected chi connectivity index (χ2v) is 3.67. The largest absolute Gasteiger partial charge is 0.480 e. The fourth-order valence-electron chi connectivity index (χ4n) is 1.79. The molecule has 4 heteroatoms.